The maximum Gasteiger partial charge on any atom is 0.164 e. The Balaban J connectivity index is 0.864. The Morgan fingerprint density at radius 3 is 1.36 bits per heavy atom. The summed E-state index contributed by atoms with van der Waals surface area (Å²) in [7, 11) is 0. The monoisotopic (exact) mass is 879 g/mol. The molecule has 0 aliphatic heterocycles. The summed E-state index contributed by atoms with van der Waals surface area (Å²) in [4.78, 5) is 15.6. The van der Waals surface area contributed by atoms with Gasteiger partial charge in [0.05, 0.1) is 5.41 Å². The summed E-state index contributed by atoms with van der Waals surface area (Å²) in [6.07, 6.45) is 0. The molecule has 15 rings (SSSR count). The highest BCUT2D eigenvalue weighted by molar-refractivity contribution is 6.14. The zero-order valence-electron chi connectivity index (χ0n) is 37.0. The van der Waals surface area contributed by atoms with Gasteiger partial charge >= 0.3 is 0 Å². The van der Waals surface area contributed by atoms with Crippen LogP contribution < -0.4 is 0 Å². The Bertz CT molecular complexity index is 4230. The topological polar surface area (TPSA) is 65.0 Å². The molecule has 0 N–H and O–H groups in total. The van der Waals surface area contributed by atoms with Crippen LogP contribution in [0.25, 0.3) is 123 Å². The summed E-state index contributed by atoms with van der Waals surface area (Å²) < 4.78 is 12.9. The number of furan rings is 2. The third-order valence-electron chi connectivity index (χ3n) is 14.6. The molecule has 5 nitrogen and oxygen atoms in total. The molecule has 1 spiro atoms. The molecule has 0 amide bonds. The normalized spacial score (nSPS) is 13.0. The second-order valence-electron chi connectivity index (χ2n) is 18.2. The molecule has 0 atom stereocenters. The molecule has 3 heterocycles. The predicted octanol–water partition coefficient (Wildman–Crippen LogP) is 16.3. The van der Waals surface area contributed by atoms with Gasteiger partial charge in [-0.1, -0.05) is 182 Å². The van der Waals surface area contributed by atoms with Crippen molar-refractivity contribution < 1.29 is 8.83 Å². The second kappa shape index (κ2) is 14.4. The fraction of sp³-hybridized carbons (Fsp3) is 0.0156. The first-order valence-corrected chi connectivity index (χ1v) is 23.4. The van der Waals surface area contributed by atoms with Crippen LogP contribution in [0.3, 0.4) is 0 Å². The van der Waals surface area contributed by atoms with Crippen LogP contribution >= 0.6 is 0 Å². The molecular formula is C64H37N3O2. The van der Waals surface area contributed by atoms with Gasteiger partial charge < -0.3 is 8.83 Å². The lowest BCUT2D eigenvalue weighted by Gasteiger charge is -2.30. The molecule has 3 aromatic heterocycles. The lowest BCUT2D eigenvalue weighted by Crippen LogP contribution is -2.25. The highest BCUT2D eigenvalue weighted by Gasteiger charge is 2.51. The quantitative estimate of drug-likeness (QED) is 0.172. The van der Waals surface area contributed by atoms with Crippen molar-refractivity contribution in [1.29, 1.82) is 0 Å². The number of nitrogens with zero attached hydrogens (tertiary/aromatic N) is 3. The lowest BCUT2D eigenvalue weighted by molar-refractivity contribution is 0.668. The smallest absolute Gasteiger partial charge is 0.164 e. The maximum atomic E-state index is 6.60. The van der Waals surface area contributed by atoms with Crippen molar-refractivity contribution in [3.8, 4) is 78.7 Å². The minimum Gasteiger partial charge on any atom is -0.456 e. The van der Waals surface area contributed by atoms with E-state index in [9.17, 15) is 0 Å². The lowest BCUT2D eigenvalue weighted by atomic mass is 9.70. The SMILES string of the molecule is c1ccc(-c2nc(-c3cccc4oc5ccccc5c34)nc(-c3cccc4oc5ccc(-c6cccc(-c7ccc8c(c7)-c7ccccc7C87c8ccccc8-c8ccccc87)c6)cc5c34)n2)cc1. The number of benzene rings is 10. The molecule has 2 aliphatic carbocycles. The molecule has 0 bridgehead atoms. The number of aromatic nitrogens is 3. The van der Waals surface area contributed by atoms with Crippen LogP contribution in [0.2, 0.25) is 0 Å². The molecule has 0 fully saturated rings. The van der Waals surface area contributed by atoms with Crippen LogP contribution in [0.15, 0.2) is 233 Å². The molecule has 0 radical (unpaired) electrons. The molecule has 10 aromatic carbocycles. The Morgan fingerprint density at radius 2 is 0.696 bits per heavy atom. The Morgan fingerprint density at radius 1 is 0.261 bits per heavy atom. The van der Waals surface area contributed by atoms with Crippen molar-refractivity contribution in [2.24, 2.45) is 0 Å². The molecule has 13 aromatic rings. The first kappa shape index (κ1) is 38.0. The van der Waals surface area contributed by atoms with Crippen LogP contribution in [0, 0.1) is 0 Å². The Hall–Kier alpha value is -9.19. The molecule has 69 heavy (non-hydrogen) atoms. The van der Waals surface area contributed by atoms with Gasteiger partial charge in [0.25, 0.3) is 0 Å². The Kier molecular flexibility index (Phi) is 7.93. The zero-order valence-corrected chi connectivity index (χ0v) is 37.0. The van der Waals surface area contributed by atoms with Gasteiger partial charge in [0.1, 0.15) is 22.3 Å². The summed E-state index contributed by atoms with van der Waals surface area (Å²) in [5.74, 6) is 1.72. The van der Waals surface area contributed by atoms with Gasteiger partial charge in [0.2, 0.25) is 0 Å². The van der Waals surface area contributed by atoms with Crippen molar-refractivity contribution in [2.45, 2.75) is 5.41 Å². The van der Waals surface area contributed by atoms with E-state index in [2.05, 4.69) is 152 Å². The van der Waals surface area contributed by atoms with Crippen LogP contribution in [0.5, 0.6) is 0 Å². The maximum absolute atomic E-state index is 6.60. The van der Waals surface area contributed by atoms with Crippen molar-refractivity contribution >= 4 is 43.9 Å². The van der Waals surface area contributed by atoms with E-state index in [4.69, 9.17) is 23.8 Å². The third-order valence-corrected chi connectivity index (χ3v) is 14.6. The van der Waals surface area contributed by atoms with Crippen molar-refractivity contribution in [3.63, 3.8) is 0 Å². The van der Waals surface area contributed by atoms with E-state index < -0.39 is 0 Å². The Labute approximate surface area is 396 Å². The van der Waals surface area contributed by atoms with Gasteiger partial charge in [-0.2, -0.15) is 0 Å². The van der Waals surface area contributed by atoms with Crippen LogP contribution in [0.4, 0.5) is 0 Å². The molecule has 5 heteroatoms. The molecule has 2 aliphatic rings. The van der Waals surface area contributed by atoms with Gasteiger partial charge in [-0.05, 0) is 109 Å². The number of fused-ring (bicyclic) bond motifs is 16. The summed E-state index contributed by atoms with van der Waals surface area (Å²) in [6, 6.07) is 79.8. The van der Waals surface area contributed by atoms with E-state index in [1.165, 1.54) is 50.1 Å². The average Bonchev–Trinajstić information content (AvgIpc) is 4.16. The van der Waals surface area contributed by atoms with Gasteiger partial charge in [0, 0.05) is 38.2 Å². The van der Waals surface area contributed by atoms with Gasteiger partial charge in [0.15, 0.2) is 17.5 Å². The largest absolute Gasteiger partial charge is 0.456 e. The summed E-state index contributed by atoms with van der Waals surface area (Å²) in [5, 5.41) is 3.94. The van der Waals surface area contributed by atoms with Crippen molar-refractivity contribution in [2.75, 3.05) is 0 Å². The number of hydrogen-bond acceptors (Lipinski definition) is 5. The van der Waals surface area contributed by atoms with Gasteiger partial charge in [-0.15, -0.1) is 0 Å². The summed E-state index contributed by atoms with van der Waals surface area (Å²) in [6.45, 7) is 0. The highest BCUT2D eigenvalue weighted by Crippen LogP contribution is 2.63. The molecule has 0 saturated heterocycles. The number of hydrogen-bond donors (Lipinski definition) is 0. The fourth-order valence-corrected chi connectivity index (χ4v) is 11.6. The predicted molar refractivity (Wildman–Crippen MR) is 278 cm³/mol. The van der Waals surface area contributed by atoms with Crippen molar-refractivity contribution in [1.82, 2.24) is 15.0 Å². The minimum atomic E-state index is -0.365. The number of para-hydroxylation sites is 1. The van der Waals surface area contributed by atoms with Gasteiger partial charge in [-0.3, -0.25) is 0 Å². The third kappa shape index (κ3) is 5.44. The number of rotatable bonds is 5. The summed E-state index contributed by atoms with van der Waals surface area (Å²) in [5.41, 5.74) is 20.6. The van der Waals surface area contributed by atoms with E-state index >= 15 is 0 Å². The van der Waals surface area contributed by atoms with Crippen LogP contribution in [0.1, 0.15) is 22.3 Å². The summed E-state index contributed by atoms with van der Waals surface area (Å²) >= 11 is 0. The fourth-order valence-electron chi connectivity index (χ4n) is 11.6. The highest BCUT2D eigenvalue weighted by atomic mass is 16.3. The standard InChI is InChI=1S/C64H37N3O2/c1-2-15-38(16-3-1)61-65-62(47-23-13-29-57-59(47)46-22-7-11-28-55(46)68-57)67-63(66-61)48-24-14-30-58-60(48)50-37-42(32-34-56(50)69-58)40-18-12-17-39(35-40)41-31-33-54-49(36-41)45-21-6-10-27-53(45)64(54)51-25-8-4-19-43(51)44-20-5-9-26-52(44)64/h1-37H. The molecule has 0 saturated carbocycles. The first-order valence-electron chi connectivity index (χ1n) is 23.4. The van der Waals surface area contributed by atoms with E-state index in [1.54, 1.807) is 0 Å². The van der Waals surface area contributed by atoms with Gasteiger partial charge in [-0.25, -0.2) is 15.0 Å². The van der Waals surface area contributed by atoms with Crippen LogP contribution in [-0.4, -0.2) is 15.0 Å². The molecule has 0 unspecified atom stereocenters. The average molecular weight is 880 g/mol. The van der Waals surface area contributed by atoms with E-state index in [-0.39, 0.29) is 5.41 Å². The van der Waals surface area contributed by atoms with E-state index in [0.29, 0.717) is 17.5 Å². The zero-order chi connectivity index (χ0) is 45.2. The van der Waals surface area contributed by atoms with Crippen LogP contribution in [-0.2, 0) is 5.41 Å². The van der Waals surface area contributed by atoms with E-state index in [0.717, 1.165) is 77.3 Å². The van der Waals surface area contributed by atoms with E-state index in [1.807, 2.05) is 72.8 Å². The molecular weight excluding hydrogens is 843 g/mol. The first-order chi connectivity index (χ1) is 34.2. The second-order valence-corrected chi connectivity index (χ2v) is 18.2. The minimum absolute atomic E-state index is 0.365. The molecule has 320 valence electrons. The van der Waals surface area contributed by atoms with Crippen molar-refractivity contribution in [3.05, 3.63) is 247 Å².